The van der Waals surface area contributed by atoms with Gasteiger partial charge in [-0.25, -0.2) is 4.98 Å². The smallest absolute Gasteiger partial charge is 0.193 e. The molecule has 1 fully saturated rings. The Labute approximate surface area is 201 Å². The zero-order chi connectivity index (χ0) is 20.8. The fraction of sp³-hybridized carbons (Fsp3) is 0.391. The van der Waals surface area contributed by atoms with Crippen molar-refractivity contribution in [2.75, 3.05) is 33.7 Å². The maximum Gasteiger partial charge on any atom is 0.193 e. The second-order valence-corrected chi connectivity index (χ2v) is 7.67. The highest BCUT2D eigenvalue weighted by Gasteiger charge is 2.26. The number of H-pyrrole nitrogens is 1. The molecule has 0 saturated carbocycles. The van der Waals surface area contributed by atoms with E-state index >= 15 is 0 Å². The summed E-state index contributed by atoms with van der Waals surface area (Å²) in [5.41, 5.74) is 2.15. The van der Waals surface area contributed by atoms with E-state index in [1.54, 1.807) is 6.26 Å². The molecule has 0 aliphatic carbocycles. The Kier molecular flexibility index (Phi) is 8.53. The maximum atomic E-state index is 5.72. The van der Waals surface area contributed by atoms with Gasteiger partial charge in [-0.15, -0.1) is 24.0 Å². The van der Waals surface area contributed by atoms with E-state index in [4.69, 9.17) is 4.42 Å². The van der Waals surface area contributed by atoms with Gasteiger partial charge >= 0.3 is 0 Å². The zero-order valence-electron chi connectivity index (χ0n) is 18.1. The maximum absolute atomic E-state index is 5.72. The molecule has 3 heterocycles. The number of nitrogens with zero attached hydrogens (tertiary/aromatic N) is 4. The molecule has 4 rings (SSSR count). The van der Waals surface area contributed by atoms with Gasteiger partial charge in [0.05, 0.1) is 30.7 Å². The van der Waals surface area contributed by atoms with E-state index in [-0.39, 0.29) is 30.0 Å². The second-order valence-electron chi connectivity index (χ2n) is 7.67. The van der Waals surface area contributed by atoms with Gasteiger partial charge in [0.25, 0.3) is 0 Å². The summed E-state index contributed by atoms with van der Waals surface area (Å²) in [5, 5.41) is 3.53. The van der Waals surface area contributed by atoms with E-state index in [1.165, 1.54) is 12.8 Å². The molecular formula is C23H31IN6O. The molecule has 1 aliphatic rings. The summed E-state index contributed by atoms with van der Waals surface area (Å²) in [6, 6.07) is 14.5. The average molecular weight is 534 g/mol. The summed E-state index contributed by atoms with van der Waals surface area (Å²) >= 11 is 0. The summed E-state index contributed by atoms with van der Waals surface area (Å²) in [7, 11) is 3.84. The van der Waals surface area contributed by atoms with Crippen LogP contribution in [0, 0.1) is 0 Å². The van der Waals surface area contributed by atoms with E-state index in [0.29, 0.717) is 6.54 Å². The van der Waals surface area contributed by atoms with Crippen LogP contribution in [-0.2, 0) is 6.54 Å². The highest BCUT2D eigenvalue weighted by molar-refractivity contribution is 14.0. The quantitative estimate of drug-likeness (QED) is 0.271. The van der Waals surface area contributed by atoms with Crippen molar-refractivity contribution in [1.82, 2.24) is 25.1 Å². The summed E-state index contributed by atoms with van der Waals surface area (Å²) in [6.45, 7) is 3.60. The number of benzene rings is 1. The SMILES string of the molecule is CN=C(NCC(c1ccco1)N1CCCC1)N(C)Cc1ncc(-c2ccccc2)[nH]1.I. The van der Waals surface area contributed by atoms with Gasteiger partial charge in [-0.1, -0.05) is 30.3 Å². The summed E-state index contributed by atoms with van der Waals surface area (Å²) in [6.07, 6.45) is 6.12. The summed E-state index contributed by atoms with van der Waals surface area (Å²) in [4.78, 5) is 17.0. The van der Waals surface area contributed by atoms with Gasteiger partial charge in [0.2, 0.25) is 0 Å². The predicted octanol–water partition coefficient (Wildman–Crippen LogP) is 4.13. The van der Waals surface area contributed by atoms with Crippen LogP contribution in [0.2, 0.25) is 0 Å². The van der Waals surface area contributed by atoms with E-state index in [2.05, 4.69) is 48.3 Å². The van der Waals surface area contributed by atoms with E-state index in [0.717, 1.165) is 48.4 Å². The number of aliphatic imine (C=N–C) groups is 1. The number of imidazole rings is 1. The number of aromatic amines is 1. The van der Waals surface area contributed by atoms with Crippen LogP contribution < -0.4 is 5.32 Å². The molecule has 1 atom stereocenters. The third-order valence-corrected chi connectivity index (χ3v) is 5.58. The molecule has 1 saturated heterocycles. The Morgan fingerprint density at radius 1 is 1.23 bits per heavy atom. The van der Waals surface area contributed by atoms with Crippen molar-refractivity contribution < 1.29 is 4.42 Å². The number of rotatable bonds is 7. The molecule has 1 unspecified atom stereocenters. The monoisotopic (exact) mass is 534 g/mol. The van der Waals surface area contributed by atoms with Crippen LogP contribution in [0.15, 0.2) is 64.3 Å². The van der Waals surface area contributed by atoms with Crippen molar-refractivity contribution >= 4 is 29.9 Å². The fourth-order valence-electron chi connectivity index (χ4n) is 4.02. The summed E-state index contributed by atoms with van der Waals surface area (Å²) < 4.78 is 5.72. The predicted molar refractivity (Wildman–Crippen MR) is 135 cm³/mol. The molecule has 1 aliphatic heterocycles. The van der Waals surface area contributed by atoms with Gasteiger partial charge in [-0.3, -0.25) is 9.89 Å². The lowest BCUT2D eigenvalue weighted by atomic mass is 10.2. The Morgan fingerprint density at radius 3 is 2.68 bits per heavy atom. The van der Waals surface area contributed by atoms with E-state index < -0.39 is 0 Å². The number of nitrogens with one attached hydrogen (secondary N) is 2. The second kappa shape index (κ2) is 11.3. The van der Waals surface area contributed by atoms with Crippen LogP contribution >= 0.6 is 24.0 Å². The molecule has 2 aromatic heterocycles. The molecule has 0 amide bonds. The highest BCUT2D eigenvalue weighted by Crippen LogP contribution is 2.25. The van der Waals surface area contributed by atoms with Crippen LogP contribution in [-0.4, -0.2) is 59.5 Å². The van der Waals surface area contributed by atoms with Gasteiger partial charge < -0.3 is 19.6 Å². The Morgan fingerprint density at radius 2 is 2.00 bits per heavy atom. The van der Waals surface area contributed by atoms with Gasteiger partial charge in [0.15, 0.2) is 5.96 Å². The minimum atomic E-state index is 0. The Hall–Kier alpha value is -2.33. The zero-order valence-corrected chi connectivity index (χ0v) is 20.5. The van der Waals surface area contributed by atoms with Crippen LogP contribution in [0.5, 0.6) is 0 Å². The van der Waals surface area contributed by atoms with Gasteiger partial charge in [0.1, 0.15) is 11.6 Å². The lowest BCUT2D eigenvalue weighted by Gasteiger charge is -2.28. The van der Waals surface area contributed by atoms with Crippen molar-refractivity contribution in [2.45, 2.75) is 25.4 Å². The largest absolute Gasteiger partial charge is 0.468 e. The van der Waals surface area contributed by atoms with E-state index in [9.17, 15) is 0 Å². The summed E-state index contributed by atoms with van der Waals surface area (Å²) in [5.74, 6) is 2.74. The molecule has 8 heteroatoms. The molecule has 2 N–H and O–H groups in total. The number of aromatic nitrogens is 2. The molecule has 7 nitrogen and oxygen atoms in total. The molecule has 0 spiro atoms. The lowest BCUT2D eigenvalue weighted by molar-refractivity contribution is 0.214. The third kappa shape index (κ3) is 5.88. The number of halogens is 1. The van der Waals surface area contributed by atoms with E-state index in [1.807, 2.05) is 44.6 Å². The molecule has 0 bridgehead atoms. The topological polar surface area (TPSA) is 72.7 Å². The third-order valence-electron chi connectivity index (χ3n) is 5.58. The van der Waals surface area contributed by atoms with Crippen LogP contribution in [0.4, 0.5) is 0 Å². The normalized spacial score (nSPS) is 15.5. The van der Waals surface area contributed by atoms with Crippen molar-refractivity contribution in [3.05, 3.63) is 66.5 Å². The molecule has 3 aromatic rings. The Bertz CT molecular complexity index is 934. The molecule has 31 heavy (non-hydrogen) atoms. The number of hydrogen-bond donors (Lipinski definition) is 2. The molecule has 1 aromatic carbocycles. The van der Waals surface area contributed by atoms with Gasteiger partial charge in [0, 0.05) is 20.6 Å². The van der Waals surface area contributed by atoms with Crippen molar-refractivity contribution in [3.63, 3.8) is 0 Å². The fourth-order valence-corrected chi connectivity index (χ4v) is 4.02. The number of hydrogen-bond acceptors (Lipinski definition) is 4. The van der Waals surface area contributed by atoms with Crippen molar-refractivity contribution in [1.29, 1.82) is 0 Å². The number of guanidine groups is 1. The first-order chi connectivity index (χ1) is 14.7. The van der Waals surface area contributed by atoms with Gasteiger partial charge in [-0.2, -0.15) is 0 Å². The van der Waals surface area contributed by atoms with Crippen molar-refractivity contribution in [2.24, 2.45) is 4.99 Å². The van der Waals surface area contributed by atoms with Gasteiger partial charge in [-0.05, 0) is 43.6 Å². The average Bonchev–Trinajstić information content (AvgIpc) is 3.55. The molecule has 166 valence electrons. The Balaban J connectivity index is 0.00000272. The van der Waals surface area contributed by atoms with Crippen molar-refractivity contribution in [3.8, 4) is 11.3 Å². The lowest BCUT2D eigenvalue weighted by Crippen LogP contribution is -2.43. The number of likely N-dealkylation sites (tertiary alicyclic amines) is 1. The first kappa shape index (κ1) is 23.3. The molecule has 0 radical (unpaired) electrons. The minimum absolute atomic E-state index is 0. The first-order valence-corrected chi connectivity index (χ1v) is 10.5. The minimum Gasteiger partial charge on any atom is -0.468 e. The standard InChI is InChI=1S/C23H30N6O.HI/c1-24-23(26-16-20(21-11-8-14-30-21)29-12-6-7-13-29)28(2)17-22-25-15-19(27-22)18-9-4-3-5-10-18;/h3-5,8-11,14-15,20H,6-7,12-13,16-17H2,1-2H3,(H,24,26)(H,25,27);1H. The van der Waals surface area contributed by atoms with Crippen LogP contribution in [0.3, 0.4) is 0 Å². The molecular weight excluding hydrogens is 503 g/mol. The number of furan rings is 1. The first-order valence-electron chi connectivity index (χ1n) is 10.5. The van der Waals surface area contributed by atoms with Crippen LogP contribution in [0.25, 0.3) is 11.3 Å². The van der Waals surface area contributed by atoms with Crippen LogP contribution in [0.1, 0.15) is 30.5 Å². The highest BCUT2D eigenvalue weighted by atomic mass is 127.